The second-order valence-corrected chi connectivity index (χ2v) is 8.23. The fourth-order valence-corrected chi connectivity index (χ4v) is 3.64. The van der Waals surface area contributed by atoms with Gasteiger partial charge in [-0.25, -0.2) is 8.42 Å². The van der Waals surface area contributed by atoms with Crippen LogP contribution >= 0.6 is 0 Å². The Morgan fingerprint density at radius 2 is 1.82 bits per heavy atom. The molecular weight excluding hydrogens is 374 g/mol. The van der Waals surface area contributed by atoms with Crippen LogP contribution in [0.25, 0.3) is 0 Å². The number of aryl methyl sites for hydroxylation is 1. The summed E-state index contributed by atoms with van der Waals surface area (Å²) in [7, 11) is -3.81. The standard InChI is InChI=1S/C22H29NO4S/c1-5-7-8-9-10-19(3)15-17-27-22(24)18-23(16-6-2)28(25,26)21-13-11-20(4)12-14-21/h5-6,9-14H,1-3,7-8,15-18H2,4H3/b10-9+. The van der Waals surface area contributed by atoms with Crippen LogP contribution in [-0.2, 0) is 19.6 Å². The molecule has 0 saturated carbocycles. The summed E-state index contributed by atoms with van der Waals surface area (Å²) in [6.07, 6.45) is 9.43. The first-order valence-corrected chi connectivity index (χ1v) is 10.5. The molecule has 152 valence electrons. The Labute approximate surface area is 168 Å². The molecule has 0 N–H and O–H groups in total. The number of allylic oxidation sites excluding steroid dienone is 3. The summed E-state index contributed by atoms with van der Waals surface area (Å²) in [4.78, 5) is 12.3. The van der Waals surface area contributed by atoms with Crippen molar-refractivity contribution in [3.63, 3.8) is 0 Å². The van der Waals surface area contributed by atoms with E-state index in [4.69, 9.17) is 4.74 Å². The van der Waals surface area contributed by atoms with Gasteiger partial charge in [0.05, 0.1) is 11.5 Å². The fraction of sp³-hybridized carbons (Fsp3) is 0.318. The minimum absolute atomic E-state index is 0.0179. The Hall–Kier alpha value is -2.44. The zero-order valence-electron chi connectivity index (χ0n) is 16.5. The van der Waals surface area contributed by atoms with Crippen LogP contribution in [-0.4, -0.2) is 38.4 Å². The highest BCUT2D eigenvalue weighted by Gasteiger charge is 2.26. The quantitative estimate of drug-likeness (QED) is 0.214. The molecule has 0 aromatic heterocycles. The number of rotatable bonds is 13. The van der Waals surface area contributed by atoms with Crippen LogP contribution in [0.5, 0.6) is 0 Å². The maximum absolute atomic E-state index is 12.8. The fourth-order valence-electron chi connectivity index (χ4n) is 2.28. The SMILES string of the molecule is C=CCC/C=C/C(=C)CCOC(=O)CN(CC=C)S(=O)(=O)c1ccc(C)cc1. The number of carbonyl (C=O) groups excluding carboxylic acids is 1. The molecule has 1 aromatic rings. The van der Waals surface area contributed by atoms with Crippen LogP contribution in [0.4, 0.5) is 0 Å². The lowest BCUT2D eigenvalue weighted by Gasteiger charge is -2.20. The molecule has 0 aliphatic heterocycles. The normalized spacial score (nSPS) is 11.5. The van der Waals surface area contributed by atoms with Gasteiger partial charge in [0.15, 0.2) is 0 Å². The Morgan fingerprint density at radius 1 is 1.14 bits per heavy atom. The molecular formula is C22H29NO4S. The molecule has 0 radical (unpaired) electrons. The van der Waals surface area contributed by atoms with E-state index >= 15 is 0 Å². The maximum atomic E-state index is 12.8. The summed E-state index contributed by atoms with van der Waals surface area (Å²) in [5.41, 5.74) is 1.79. The molecule has 0 atom stereocenters. The van der Waals surface area contributed by atoms with Crippen molar-refractivity contribution in [2.45, 2.75) is 31.1 Å². The summed E-state index contributed by atoms with van der Waals surface area (Å²) in [5.74, 6) is -0.610. The maximum Gasteiger partial charge on any atom is 0.321 e. The van der Waals surface area contributed by atoms with Crippen molar-refractivity contribution in [2.24, 2.45) is 0 Å². The van der Waals surface area contributed by atoms with E-state index in [1.165, 1.54) is 18.2 Å². The number of hydrogen-bond acceptors (Lipinski definition) is 4. The van der Waals surface area contributed by atoms with Gasteiger partial charge in [0.25, 0.3) is 0 Å². The number of hydrogen-bond donors (Lipinski definition) is 0. The van der Waals surface area contributed by atoms with Crippen molar-refractivity contribution < 1.29 is 17.9 Å². The largest absolute Gasteiger partial charge is 0.464 e. The molecule has 1 rings (SSSR count). The van der Waals surface area contributed by atoms with Gasteiger partial charge in [0.2, 0.25) is 10.0 Å². The number of sulfonamides is 1. The molecule has 0 bridgehead atoms. The van der Waals surface area contributed by atoms with Crippen LogP contribution in [0.3, 0.4) is 0 Å². The van der Waals surface area contributed by atoms with Crippen LogP contribution in [0, 0.1) is 6.92 Å². The number of benzene rings is 1. The van der Waals surface area contributed by atoms with Crippen LogP contribution in [0.2, 0.25) is 0 Å². The van der Waals surface area contributed by atoms with Gasteiger partial charge in [-0.3, -0.25) is 4.79 Å². The van der Waals surface area contributed by atoms with E-state index in [1.807, 2.05) is 25.2 Å². The van der Waals surface area contributed by atoms with Gasteiger partial charge < -0.3 is 4.74 Å². The molecule has 0 amide bonds. The lowest BCUT2D eigenvalue weighted by atomic mass is 10.2. The predicted molar refractivity (Wildman–Crippen MR) is 113 cm³/mol. The summed E-state index contributed by atoms with van der Waals surface area (Å²) >= 11 is 0. The predicted octanol–water partition coefficient (Wildman–Crippen LogP) is 4.18. The van der Waals surface area contributed by atoms with E-state index in [9.17, 15) is 13.2 Å². The van der Waals surface area contributed by atoms with E-state index in [1.54, 1.807) is 12.1 Å². The second-order valence-electron chi connectivity index (χ2n) is 6.30. The van der Waals surface area contributed by atoms with Crippen molar-refractivity contribution >= 4 is 16.0 Å². The van der Waals surface area contributed by atoms with E-state index < -0.39 is 16.0 Å². The minimum atomic E-state index is -3.81. The minimum Gasteiger partial charge on any atom is -0.464 e. The summed E-state index contributed by atoms with van der Waals surface area (Å²) < 4.78 is 31.8. The Morgan fingerprint density at radius 3 is 2.43 bits per heavy atom. The highest BCUT2D eigenvalue weighted by Crippen LogP contribution is 2.16. The van der Waals surface area contributed by atoms with Crippen LogP contribution in [0.15, 0.2) is 78.8 Å². The topological polar surface area (TPSA) is 63.7 Å². The molecule has 0 fully saturated rings. The summed E-state index contributed by atoms with van der Waals surface area (Å²) in [6.45, 7) is 12.8. The smallest absolute Gasteiger partial charge is 0.321 e. The molecule has 0 heterocycles. The highest BCUT2D eigenvalue weighted by atomic mass is 32.2. The van der Waals surface area contributed by atoms with Gasteiger partial charge in [-0.05, 0) is 31.9 Å². The van der Waals surface area contributed by atoms with Gasteiger partial charge in [0, 0.05) is 13.0 Å². The van der Waals surface area contributed by atoms with E-state index in [-0.39, 0.29) is 24.6 Å². The average molecular weight is 404 g/mol. The molecule has 1 aromatic carbocycles. The van der Waals surface area contributed by atoms with Gasteiger partial charge in [-0.1, -0.05) is 54.2 Å². The number of unbranched alkanes of at least 4 members (excludes halogenated alkanes) is 1. The molecule has 0 saturated heterocycles. The molecule has 0 aliphatic rings. The zero-order chi connectivity index (χ0) is 21.0. The van der Waals surface area contributed by atoms with Gasteiger partial charge in [-0.2, -0.15) is 4.31 Å². The lowest BCUT2D eigenvalue weighted by Crippen LogP contribution is -2.36. The molecule has 6 heteroatoms. The van der Waals surface area contributed by atoms with E-state index in [2.05, 4.69) is 19.7 Å². The average Bonchev–Trinajstić information content (AvgIpc) is 2.65. The first-order chi connectivity index (χ1) is 13.3. The number of nitrogens with zero attached hydrogens (tertiary/aromatic N) is 1. The molecule has 5 nitrogen and oxygen atoms in total. The van der Waals surface area contributed by atoms with E-state index in [0.717, 1.165) is 28.3 Å². The lowest BCUT2D eigenvalue weighted by molar-refractivity contribution is -0.143. The van der Waals surface area contributed by atoms with Crippen LogP contribution < -0.4 is 0 Å². The molecule has 0 spiro atoms. The number of carbonyl (C=O) groups is 1. The first kappa shape index (κ1) is 23.6. The zero-order valence-corrected chi connectivity index (χ0v) is 17.3. The monoisotopic (exact) mass is 403 g/mol. The molecule has 0 aliphatic carbocycles. The van der Waals surface area contributed by atoms with Crippen molar-refractivity contribution in [1.82, 2.24) is 4.31 Å². The van der Waals surface area contributed by atoms with Crippen LogP contribution in [0.1, 0.15) is 24.8 Å². The van der Waals surface area contributed by atoms with Gasteiger partial charge in [-0.15, -0.1) is 13.2 Å². The van der Waals surface area contributed by atoms with E-state index in [0.29, 0.717) is 6.42 Å². The van der Waals surface area contributed by atoms with Crippen molar-refractivity contribution in [1.29, 1.82) is 0 Å². The van der Waals surface area contributed by atoms with Crippen molar-refractivity contribution in [2.75, 3.05) is 19.7 Å². The third kappa shape index (κ3) is 8.06. The Balaban J connectivity index is 2.61. The molecule has 0 unspecified atom stereocenters. The number of ether oxygens (including phenoxy) is 1. The van der Waals surface area contributed by atoms with Gasteiger partial charge >= 0.3 is 5.97 Å². The second kappa shape index (κ2) is 12.1. The first-order valence-electron chi connectivity index (χ1n) is 9.09. The summed E-state index contributed by atoms with van der Waals surface area (Å²) in [5, 5.41) is 0. The number of esters is 1. The third-order valence-electron chi connectivity index (χ3n) is 3.87. The van der Waals surface area contributed by atoms with Crippen molar-refractivity contribution in [3.05, 3.63) is 79.4 Å². The highest BCUT2D eigenvalue weighted by molar-refractivity contribution is 7.89. The Kier molecular flexibility index (Phi) is 10.2. The third-order valence-corrected chi connectivity index (χ3v) is 5.70. The van der Waals surface area contributed by atoms with Crippen molar-refractivity contribution in [3.8, 4) is 0 Å². The molecule has 28 heavy (non-hydrogen) atoms. The van der Waals surface area contributed by atoms with Gasteiger partial charge in [0.1, 0.15) is 6.54 Å². The summed E-state index contributed by atoms with van der Waals surface area (Å²) in [6, 6.07) is 6.47. The Bertz CT molecular complexity index is 807.